The van der Waals surface area contributed by atoms with E-state index >= 15 is 0 Å². The Kier molecular flexibility index (Phi) is 1.81. The fraction of sp³-hybridized carbons (Fsp3) is 0.222. The lowest BCUT2D eigenvalue weighted by Gasteiger charge is -1.96. The van der Waals surface area contributed by atoms with E-state index in [9.17, 15) is 4.79 Å². The fourth-order valence-corrected chi connectivity index (χ4v) is 1.28. The first kappa shape index (κ1) is 7.91. The maximum absolute atomic E-state index is 10.9. The van der Waals surface area contributed by atoms with E-state index in [4.69, 9.17) is 0 Å². The lowest BCUT2D eigenvalue weighted by Crippen LogP contribution is -2.00. The van der Waals surface area contributed by atoms with Crippen molar-refractivity contribution in [2.45, 2.75) is 13.3 Å². The molecule has 0 radical (unpaired) electrons. The number of aromatic nitrogens is 3. The molecular weight excluding hydrogens is 166 g/mol. The van der Waals surface area contributed by atoms with Gasteiger partial charge in [-0.3, -0.25) is 9.78 Å². The summed E-state index contributed by atoms with van der Waals surface area (Å²) in [5.74, 6) is 0.138. The molecule has 0 fully saturated rings. The van der Waals surface area contributed by atoms with Gasteiger partial charge in [-0.1, -0.05) is 0 Å². The first-order chi connectivity index (χ1) is 6.27. The minimum Gasteiger partial charge on any atom is -0.301 e. The first-order valence-electron chi connectivity index (χ1n) is 4.03. The third-order valence-electron chi connectivity index (χ3n) is 1.82. The van der Waals surface area contributed by atoms with Crippen molar-refractivity contribution >= 4 is 11.4 Å². The van der Waals surface area contributed by atoms with Gasteiger partial charge in [0.05, 0.1) is 6.20 Å². The second kappa shape index (κ2) is 2.97. The molecule has 0 aliphatic rings. The maximum atomic E-state index is 10.9. The van der Waals surface area contributed by atoms with Crippen LogP contribution >= 0.6 is 0 Å². The predicted octanol–water partition coefficient (Wildman–Crippen LogP) is 0.861. The highest BCUT2D eigenvalue weighted by atomic mass is 16.1. The van der Waals surface area contributed by atoms with Gasteiger partial charge < -0.3 is 4.40 Å². The molecule has 66 valence electrons. The zero-order chi connectivity index (χ0) is 9.26. The number of hydrogen-bond acceptors (Lipinski definition) is 3. The van der Waals surface area contributed by atoms with Crippen LogP contribution in [-0.2, 0) is 11.2 Å². The molecular formula is C9H9N3O. The van der Waals surface area contributed by atoms with E-state index < -0.39 is 0 Å². The van der Waals surface area contributed by atoms with E-state index in [1.165, 1.54) is 0 Å². The van der Waals surface area contributed by atoms with Gasteiger partial charge in [0.15, 0.2) is 5.65 Å². The molecule has 0 aromatic carbocycles. The molecule has 2 rings (SSSR count). The number of imidazole rings is 1. The maximum Gasteiger partial charge on any atom is 0.155 e. The van der Waals surface area contributed by atoms with Crippen molar-refractivity contribution in [1.29, 1.82) is 0 Å². The molecule has 0 saturated heterocycles. The zero-order valence-electron chi connectivity index (χ0n) is 7.27. The Morgan fingerprint density at radius 2 is 2.38 bits per heavy atom. The Bertz CT molecular complexity index is 447. The quantitative estimate of drug-likeness (QED) is 0.680. The average Bonchev–Trinajstić information content (AvgIpc) is 2.48. The molecule has 0 unspecified atom stereocenters. The topological polar surface area (TPSA) is 47.3 Å². The molecule has 13 heavy (non-hydrogen) atoms. The summed E-state index contributed by atoms with van der Waals surface area (Å²) in [5.41, 5.74) is 1.68. The van der Waals surface area contributed by atoms with Gasteiger partial charge in [-0.15, -0.1) is 0 Å². The van der Waals surface area contributed by atoms with Gasteiger partial charge in [0.2, 0.25) is 0 Å². The summed E-state index contributed by atoms with van der Waals surface area (Å²) in [5, 5.41) is 0. The van der Waals surface area contributed by atoms with Gasteiger partial charge in [0.1, 0.15) is 5.78 Å². The molecule has 2 heterocycles. The second-order valence-corrected chi connectivity index (χ2v) is 2.93. The van der Waals surface area contributed by atoms with E-state index in [0.29, 0.717) is 6.42 Å². The van der Waals surface area contributed by atoms with Crippen LogP contribution in [0.1, 0.15) is 12.6 Å². The molecule has 4 nitrogen and oxygen atoms in total. The molecule has 0 aliphatic carbocycles. The summed E-state index contributed by atoms with van der Waals surface area (Å²) in [6.45, 7) is 1.57. The van der Waals surface area contributed by atoms with Crippen LogP contribution in [0.5, 0.6) is 0 Å². The van der Waals surface area contributed by atoms with Gasteiger partial charge in [-0.25, -0.2) is 4.98 Å². The molecule has 0 N–H and O–H groups in total. The van der Waals surface area contributed by atoms with Crippen molar-refractivity contribution in [2.24, 2.45) is 0 Å². The van der Waals surface area contributed by atoms with Crippen LogP contribution in [0.4, 0.5) is 0 Å². The van der Waals surface area contributed by atoms with Crippen LogP contribution in [0.25, 0.3) is 5.65 Å². The molecule has 0 aliphatic heterocycles. The van der Waals surface area contributed by atoms with Gasteiger partial charge >= 0.3 is 0 Å². The van der Waals surface area contributed by atoms with Crippen LogP contribution in [0.2, 0.25) is 0 Å². The summed E-state index contributed by atoms with van der Waals surface area (Å²) in [7, 11) is 0. The van der Waals surface area contributed by atoms with Gasteiger partial charge in [-0.2, -0.15) is 0 Å². The summed E-state index contributed by atoms with van der Waals surface area (Å²) in [6, 6.07) is 0. The highest BCUT2D eigenvalue weighted by Crippen LogP contribution is 2.05. The van der Waals surface area contributed by atoms with Gasteiger partial charge in [-0.05, 0) is 6.92 Å². The molecule has 2 aromatic rings. The Morgan fingerprint density at radius 3 is 3.15 bits per heavy atom. The summed E-state index contributed by atoms with van der Waals surface area (Å²) in [6.07, 6.45) is 7.28. The summed E-state index contributed by atoms with van der Waals surface area (Å²) >= 11 is 0. The third kappa shape index (κ3) is 1.42. The van der Waals surface area contributed by atoms with Crippen molar-refractivity contribution in [3.63, 3.8) is 0 Å². The number of carbonyl (C=O) groups excluding carboxylic acids is 1. The standard InChI is InChI=1S/C9H9N3O/c1-7(13)4-8-5-11-9-6-10-2-3-12(8)9/h2-3,5-6H,4H2,1H3. The summed E-state index contributed by atoms with van der Waals surface area (Å²) in [4.78, 5) is 19.0. The SMILES string of the molecule is CC(=O)Cc1cnc2cnccn12. The summed E-state index contributed by atoms with van der Waals surface area (Å²) < 4.78 is 1.87. The fourth-order valence-electron chi connectivity index (χ4n) is 1.28. The Hall–Kier alpha value is -1.71. The normalized spacial score (nSPS) is 10.5. The van der Waals surface area contributed by atoms with E-state index in [0.717, 1.165) is 11.3 Å². The minimum atomic E-state index is 0.138. The lowest BCUT2D eigenvalue weighted by atomic mass is 10.2. The predicted molar refractivity (Wildman–Crippen MR) is 47.4 cm³/mol. The number of nitrogens with zero attached hydrogens (tertiary/aromatic N) is 3. The van der Waals surface area contributed by atoms with Crippen LogP contribution in [0.3, 0.4) is 0 Å². The first-order valence-corrected chi connectivity index (χ1v) is 4.03. The Labute approximate surface area is 75.2 Å². The van der Waals surface area contributed by atoms with E-state index in [1.54, 1.807) is 31.7 Å². The number of carbonyl (C=O) groups is 1. The van der Waals surface area contributed by atoms with Crippen LogP contribution in [0.15, 0.2) is 24.8 Å². The molecule has 4 heteroatoms. The smallest absolute Gasteiger partial charge is 0.155 e. The van der Waals surface area contributed by atoms with Crippen LogP contribution in [0, 0.1) is 0 Å². The molecule has 0 atom stereocenters. The van der Waals surface area contributed by atoms with E-state index in [1.807, 2.05) is 4.40 Å². The van der Waals surface area contributed by atoms with Crippen molar-refractivity contribution in [3.05, 3.63) is 30.5 Å². The van der Waals surface area contributed by atoms with Crippen LogP contribution < -0.4 is 0 Å². The largest absolute Gasteiger partial charge is 0.301 e. The molecule has 0 amide bonds. The molecule has 2 aromatic heterocycles. The second-order valence-electron chi connectivity index (χ2n) is 2.93. The number of Topliss-reactive ketones (excluding diaryl/α,β-unsaturated/α-hetero) is 1. The number of hydrogen-bond donors (Lipinski definition) is 0. The number of fused-ring (bicyclic) bond motifs is 1. The van der Waals surface area contributed by atoms with Crippen molar-refractivity contribution < 1.29 is 4.79 Å². The highest BCUT2D eigenvalue weighted by Gasteiger charge is 2.04. The number of ketones is 1. The molecule has 0 spiro atoms. The van der Waals surface area contributed by atoms with Gasteiger partial charge in [0, 0.05) is 30.7 Å². The Morgan fingerprint density at radius 1 is 1.54 bits per heavy atom. The highest BCUT2D eigenvalue weighted by molar-refractivity contribution is 5.77. The molecule has 0 saturated carbocycles. The molecule has 0 bridgehead atoms. The van der Waals surface area contributed by atoms with E-state index in [-0.39, 0.29) is 5.78 Å². The zero-order valence-corrected chi connectivity index (χ0v) is 7.27. The van der Waals surface area contributed by atoms with Crippen molar-refractivity contribution in [2.75, 3.05) is 0 Å². The number of rotatable bonds is 2. The minimum absolute atomic E-state index is 0.138. The van der Waals surface area contributed by atoms with Gasteiger partial charge in [0.25, 0.3) is 0 Å². The Balaban J connectivity index is 2.51. The van der Waals surface area contributed by atoms with Crippen molar-refractivity contribution in [3.8, 4) is 0 Å². The van der Waals surface area contributed by atoms with E-state index in [2.05, 4.69) is 9.97 Å². The van der Waals surface area contributed by atoms with Crippen molar-refractivity contribution in [1.82, 2.24) is 14.4 Å². The lowest BCUT2D eigenvalue weighted by molar-refractivity contribution is -0.116. The van der Waals surface area contributed by atoms with Crippen LogP contribution in [-0.4, -0.2) is 20.2 Å². The average molecular weight is 175 g/mol. The monoisotopic (exact) mass is 175 g/mol. The third-order valence-corrected chi connectivity index (χ3v) is 1.82.